The van der Waals surface area contributed by atoms with Crippen molar-refractivity contribution in [3.8, 4) is 28.8 Å². The molecule has 0 amide bonds. The number of hydrogen-bond donors (Lipinski definition) is 1. The number of nitrogens with zero attached hydrogens (tertiary/aromatic N) is 2. The lowest BCUT2D eigenvalue weighted by atomic mass is 10.0. The van der Waals surface area contributed by atoms with E-state index in [-0.39, 0.29) is 0 Å². The van der Waals surface area contributed by atoms with E-state index in [2.05, 4.69) is 28.6 Å². The summed E-state index contributed by atoms with van der Waals surface area (Å²) in [5.41, 5.74) is 2.29. The Kier molecular flexibility index (Phi) is 5.08. The van der Waals surface area contributed by atoms with Crippen molar-refractivity contribution in [2.75, 3.05) is 6.61 Å². The summed E-state index contributed by atoms with van der Waals surface area (Å²) in [5, 5.41) is 17.3. The van der Waals surface area contributed by atoms with E-state index in [0.717, 1.165) is 11.1 Å². The molecule has 0 aliphatic carbocycles. The third-order valence-electron chi connectivity index (χ3n) is 2.62. The Morgan fingerprint density at radius 1 is 1.43 bits per heavy atom. The van der Waals surface area contributed by atoms with Crippen LogP contribution in [0.4, 0.5) is 0 Å². The standard InChI is InChI=1S/C17H16N2O2/c1-3-11-21-15-9-8-14(7-6-13(2)20)16(12-15)17-5-4-10-18-19-17/h3-5,8-10,12-13,20H,1,11H2,2H3. The minimum Gasteiger partial charge on any atom is -0.490 e. The molecule has 0 fully saturated rings. The van der Waals surface area contributed by atoms with Crippen molar-refractivity contribution in [1.29, 1.82) is 0 Å². The lowest BCUT2D eigenvalue weighted by molar-refractivity contribution is 0.253. The predicted molar refractivity (Wildman–Crippen MR) is 81.7 cm³/mol. The smallest absolute Gasteiger partial charge is 0.120 e. The van der Waals surface area contributed by atoms with Crippen LogP contribution in [-0.2, 0) is 0 Å². The molecule has 2 rings (SSSR count). The average molecular weight is 280 g/mol. The molecule has 1 N–H and O–H groups in total. The molecule has 1 aromatic heterocycles. The van der Waals surface area contributed by atoms with Crippen LogP contribution in [0.15, 0.2) is 49.2 Å². The van der Waals surface area contributed by atoms with E-state index in [1.54, 1.807) is 19.2 Å². The zero-order valence-electron chi connectivity index (χ0n) is 11.8. The van der Waals surface area contributed by atoms with Crippen molar-refractivity contribution in [2.24, 2.45) is 0 Å². The van der Waals surface area contributed by atoms with Crippen molar-refractivity contribution >= 4 is 0 Å². The highest BCUT2D eigenvalue weighted by molar-refractivity contribution is 5.69. The maximum Gasteiger partial charge on any atom is 0.120 e. The molecular formula is C17H16N2O2. The Bertz CT molecular complexity index is 670. The molecule has 2 aromatic rings. The van der Waals surface area contributed by atoms with Crippen LogP contribution in [0.2, 0.25) is 0 Å². The van der Waals surface area contributed by atoms with Gasteiger partial charge in [-0.25, -0.2) is 0 Å². The predicted octanol–water partition coefficient (Wildman–Crippen LogP) is 2.44. The highest BCUT2D eigenvalue weighted by Crippen LogP contribution is 2.26. The number of ether oxygens (including phenoxy) is 1. The number of hydrogen-bond acceptors (Lipinski definition) is 4. The van der Waals surface area contributed by atoms with Crippen LogP contribution in [0.3, 0.4) is 0 Å². The van der Waals surface area contributed by atoms with Gasteiger partial charge in [-0.3, -0.25) is 0 Å². The van der Waals surface area contributed by atoms with Gasteiger partial charge >= 0.3 is 0 Å². The van der Waals surface area contributed by atoms with Crippen LogP contribution in [-0.4, -0.2) is 28.0 Å². The minimum atomic E-state index is -0.684. The summed E-state index contributed by atoms with van der Waals surface area (Å²) in [4.78, 5) is 0. The SMILES string of the molecule is C=CCOc1ccc(C#CC(C)O)c(-c2cccnn2)c1. The fraction of sp³-hybridized carbons (Fsp3) is 0.176. The normalized spacial score (nSPS) is 11.1. The third-order valence-corrected chi connectivity index (χ3v) is 2.62. The quantitative estimate of drug-likeness (QED) is 0.690. The van der Waals surface area contributed by atoms with Crippen molar-refractivity contribution in [3.63, 3.8) is 0 Å². The first kappa shape index (κ1) is 14.8. The first-order chi connectivity index (χ1) is 10.2. The van der Waals surface area contributed by atoms with Gasteiger partial charge in [0.2, 0.25) is 0 Å². The van der Waals surface area contributed by atoms with Crippen LogP contribution >= 0.6 is 0 Å². The minimum absolute atomic E-state index is 0.429. The van der Waals surface area contributed by atoms with Gasteiger partial charge in [-0.1, -0.05) is 24.5 Å². The Hall–Kier alpha value is -2.64. The van der Waals surface area contributed by atoms with E-state index in [1.807, 2.05) is 30.3 Å². The van der Waals surface area contributed by atoms with Gasteiger partial charge in [0.05, 0.1) is 5.69 Å². The van der Waals surface area contributed by atoms with Gasteiger partial charge in [0.25, 0.3) is 0 Å². The zero-order valence-corrected chi connectivity index (χ0v) is 11.8. The lowest BCUT2D eigenvalue weighted by Crippen LogP contribution is -1.97. The highest BCUT2D eigenvalue weighted by atomic mass is 16.5. The Balaban J connectivity index is 2.46. The van der Waals surface area contributed by atoms with Gasteiger partial charge < -0.3 is 9.84 Å². The first-order valence-electron chi connectivity index (χ1n) is 6.56. The lowest BCUT2D eigenvalue weighted by Gasteiger charge is -2.08. The van der Waals surface area contributed by atoms with Crippen molar-refractivity contribution in [1.82, 2.24) is 10.2 Å². The summed E-state index contributed by atoms with van der Waals surface area (Å²) in [6, 6.07) is 9.20. The number of aliphatic hydroxyl groups is 1. The summed E-state index contributed by atoms with van der Waals surface area (Å²) in [7, 11) is 0. The zero-order chi connectivity index (χ0) is 15.1. The maximum absolute atomic E-state index is 9.31. The van der Waals surface area contributed by atoms with Crippen LogP contribution in [0, 0.1) is 11.8 Å². The van der Waals surface area contributed by atoms with Gasteiger partial charge in [-0.05, 0) is 37.3 Å². The van der Waals surface area contributed by atoms with E-state index >= 15 is 0 Å². The van der Waals surface area contributed by atoms with Gasteiger partial charge in [-0.2, -0.15) is 10.2 Å². The van der Waals surface area contributed by atoms with Crippen LogP contribution in [0.5, 0.6) is 5.75 Å². The molecule has 1 aromatic carbocycles. The summed E-state index contributed by atoms with van der Waals surface area (Å²) in [6.07, 6.45) is 2.61. The van der Waals surface area contributed by atoms with E-state index in [4.69, 9.17) is 4.74 Å². The molecular weight excluding hydrogens is 264 g/mol. The van der Waals surface area contributed by atoms with Crippen LogP contribution < -0.4 is 4.74 Å². The monoisotopic (exact) mass is 280 g/mol. The molecule has 1 heterocycles. The topological polar surface area (TPSA) is 55.2 Å². The molecule has 0 saturated heterocycles. The average Bonchev–Trinajstić information content (AvgIpc) is 2.52. The maximum atomic E-state index is 9.31. The molecule has 1 atom stereocenters. The number of benzene rings is 1. The van der Waals surface area contributed by atoms with Gasteiger partial charge in [0, 0.05) is 17.3 Å². The van der Waals surface area contributed by atoms with Gasteiger partial charge in [-0.15, -0.1) is 0 Å². The first-order valence-corrected chi connectivity index (χ1v) is 6.56. The number of aliphatic hydroxyl groups excluding tert-OH is 1. The second-order valence-corrected chi connectivity index (χ2v) is 4.36. The van der Waals surface area contributed by atoms with E-state index in [9.17, 15) is 5.11 Å². The van der Waals surface area contributed by atoms with E-state index in [1.165, 1.54) is 0 Å². The molecule has 0 spiro atoms. The molecule has 106 valence electrons. The van der Waals surface area contributed by atoms with Crippen molar-refractivity contribution in [3.05, 3.63) is 54.7 Å². The molecule has 0 saturated carbocycles. The third kappa shape index (κ3) is 4.16. The molecule has 0 bridgehead atoms. The molecule has 0 aliphatic rings. The van der Waals surface area contributed by atoms with Crippen molar-refractivity contribution < 1.29 is 9.84 Å². The second kappa shape index (κ2) is 7.22. The largest absolute Gasteiger partial charge is 0.490 e. The summed E-state index contributed by atoms with van der Waals surface area (Å²) < 4.78 is 5.53. The van der Waals surface area contributed by atoms with Crippen molar-refractivity contribution in [2.45, 2.75) is 13.0 Å². The number of rotatable bonds is 4. The molecule has 0 aliphatic heterocycles. The highest BCUT2D eigenvalue weighted by Gasteiger charge is 2.07. The van der Waals surface area contributed by atoms with Gasteiger partial charge in [0.15, 0.2) is 0 Å². The molecule has 1 unspecified atom stereocenters. The summed E-state index contributed by atoms with van der Waals surface area (Å²) in [6.45, 7) is 5.68. The molecule has 0 radical (unpaired) electrons. The Morgan fingerprint density at radius 3 is 2.95 bits per heavy atom. The van der Waals surface area contributed by atoms with E-state index < -0.39 is 6.10 Å². The molecule has 4 heteroatoms. The molecule has 4 nitrogen and oxygen atoms in total. The van der Waals surface area contributed by atoms with E-state index in [0.29, 0.717) is 18.1 Å². The Morgan fingerprint density at radius 2 is 2.29 bits per heavy atom. The summed E-state index contributed by atoms with van der Waals surface area (Å²) >= 11 is 0. The fourth-order valence-electron chi connectivity index (χ4n) is 1.72. The molecule has 21 heavy (non-hydrogen) atoms. The second-order valence-electron chi connectivity index (χ2n) is 4.36. The van der Waals surface area contributed by atoms with Crippen LogP contribution in [0.25, 0.3) is 11.3 Å². The van der Waals surface area contributed by atoms with Crippen LogP contribution in [0.1, 0.15) is 12.5 Å². The summed E-state index contributed by atoms with van der Waals surface area (Å²) in [5.74, 6) is 6.39. The van der Waals surface area contributed by atoms with Gasteiger partial charge in [0.1, 0.15) is 18.5 Å². The fourth-order valence-corrected chi connectivity index (χ4v) is 1.72. The number of aromatic nitrogens is 2. The Labute approximate surface area is 124 Å².